The Morgan fingerprint density at radius 3 is 2.60 bits per heavy atom. The maximum Gasteiger partial charge on any atom is 0.127 e. The minimum atomic E-state index is 0.602. The molecule has 3 rings (SSSR count). The molecule has 0 fully saturated rings. The number of nitrogens with zero attached hydrogens (tertiary/aromatic N) is 2. The largest absolute Gasteiger partial charge is 0.384 e. The predicted molar refractivity (Wildman–Crippen MR) is 83.2 cm³/mol. The van der Waals surface area contributed by atoms with E-state index in [0.717, 1.165) is 16.9 Å². The number of rotatable bonds is 2. The van der Waals surface area contributed by atoms with E-state index in [9.17, 15) is 0 Å². The molecule has 4 heteroatoms. The first-order valence-electron chi connectivity index (χ1n) is 6.32. The van der Waals surface area contributed by atoms with Gasteiger partial charge in [0, 0.05) is 16.7 Å². The van der Waals surface area contributed by atoms with Crippen molar-refractivity contribution in [3.63, 3.8) is 0 Å². The number of benzene rings is 2. The van der Waals surface area contributed by atoms with Crippen molar-refractivity contribution in [1.29, 1.82) is 0 Å². The fourth-order valence-electron chi connectivity index (χ4n) is 2.15. The van der Waals surface area contributed by atoms with Gasteiger partial charge in [0.25, 0.3) is 0 Å². The number of hydrogen-bond donors (Lipinski definition) is 1. The highest BCUT2D eigenvalue weighted by Crippen LogP contribution is 2.25. The van der Waals surface area contributed by atoms with Crippen molar-refractivity contribution in [3.05, 3.63) is 65.2 Å². The molecule has 0 radical (unpaired) electrons. The minimum Gasteiger partial charge on any atom is -0.384 e. The van der Waals surface area contributed by atoms with Crippen LogP contribution in [0.3, 0.4) is 0 Å². The second-order valence-electron chi connectivity index (χ2n) is 4.72. The molecule has 3 nitrogen and oxygen atoms in total. The van der Waals surface area contributed by atoms with Gasteiger partial charge in [0.2, 0.25) is 0 Å². The number of nitrogens with two attached hydrogens (primary N) is 1. The number of nitrogen functional groups attached to an aromatic ring is 1. The molecule has 0 spiro atoms. The summed E-state index contributed by atoms with van der Waals surface area (Å²) in [6.07, 6.45) is 0. The van der Waals surface area contributed by atoms with Gasteiger partial charge in [-0.15, -0.1) is 0 Å². The van der Waals surface area contributed by atoms with Crippen molar-refractivity contribution in [1.82, 2.24) is 9.78 Å². The first-order valence-corrected chi connectivity index (χ1v) is 6.70. The van der Waals surface area contributed by atoms with E-state index in [1.165, 1.54) is 5.56 Å². The first kappa shape index (κ1) is 12.8. The quantitative estimate of drug-likeness (QED) is 0.770. The van der Waals surface area contributed by atoms with Crippen LogP contribution in [0.5, 0.6) is 0 Å². The van der Waals surface area contributed by atoms with Gasteiger partial charge in [0.05, 0.1) is 11.4 Å². The topological polar surface area (TPSA) is 43.8 Å². The molecule has 1 aromatic heterocycles. The molecule has 2 N–H and O–H groups in total. The third-order valence-electron chi connectivity index (χ3n) is 3.10. The number of aromatic nitrogens is 2. The predicted octanol–water partition coefficient (Wildman–Crippen LogP) is 4.08. The summed E-state index contributed by atoms with van der Waals surface area (Å²) in [7, 11) is 0. The van der Waals surface area contributed by atoms with Crippen LogP contribution >= 0.6 is 11.6 Å². The highest BCUT2D eigenvalue weighted by atomic mass is 35.5. The van der Waals surface area contributed by atoms with E-state index in [1.807, 2.05) is 61.5 Å². The Morgan fingerprint density at radius 2 is 1.85 bits per heavy atom. The Labute approximate surface area is 122 Å². The molecule has 0 aliphatic rings. The molecule has 0 bridgehead atoms. The summed E-state index contributed by atoms with van der Waals surface area (Å²) in [4.78, 5) is 0. The van der Waals surface area contributed by atoms with Gasteiger partial charge in [-0.05, 0) is 36.8 Å². The maximum atomic E-state index is 6.07. The van der Waals surface area contributed by atoms with Crippen LogP contribution in [-0.4, -0.2) is 9.78 Å². The Morgan fingerprint density at radius 1 is 1.05 bits per heavy atom. The van der Waals surface area contributed by atoms with E-state index in [-0.39, 0.29) is 0 Å². The monoisotopic (exact) mass is 283 g/mol. The number of hydrogen-bond acceptors (Lipinski definition) is 2. The third kappa shape index (κ3) is 2.40. The average Bonchev–Trinajstić information content (AvgIpc) is 2.81. The summed E-state index contributed by atoms with van der Waals surface area (Å²) >= 11 is 6.01. The zero-order valence-electron chi connectivity index (χ0n) is 11.0. The van der Waals surface area contributed by atoms with Gasteiger partial charge >= 0.3 is 0 Å². The maximum absolute atomic E-state index is 6.07. The summed E-state index contributed by atoms with van der Waals surface area (Å²) < 4.78 is 1.74. The molecular weight excluding hydrogens is 270 g/mol. The van der Waals surface area contributed by atoms with Gasteiger partial charge in [-0.1, -0.05) is 35.9 Å². The van der Waals surface area contributed by atoms with Crippen molar-refractivity contribution in [2.45, 2.75) is 6.92 Å². The fourth-order valence-corrected chi connectivity index (χ4v) is 2.34. The van der Waals surface area contributed by atoms with Crippen molar-refractivity contribution < 1.29 is 0 Å². The Balaban J connectivity index is 2.08. The van der Waals surface area contributed by atoms with Crippen LogP contribution in [0.4, 0.5) is 5.82 Å². The minimum absolute atomic E-state index is 0.602. The molecule has 0 saturated heterocycles. The molecule has 0 atom stereocenters. The Hall–Kier alpha value is -2.26. The zero-order chi connectivity index (χ0) is 14.1. The van der Waals surface area contributed by atoms with E-state index in [2.05, 4.69) is 5.10 Å². The van der Waals surface area contributed by atoms with Crippen molar-refractivity contribution in [2.24, 2.45) is 0 Å². The van der Waals surface area contributed by atoms with Crippen LogP contribution in [-0.2, 0) is 0 Å². The molecule has 0 aliphatic heterocycles. The van der Waals surface area contributed by atoms with Crippen LogP contribution in [0.2, 0.25) is 5.02 Å². The highest BCUT2D eigenvalue weighted by molar-refractivity contribution is 6.30. The van der Waals surface area contributed by atoms with Gasteiger partial charge in [-0.3, -0.25) is 0 Å². The molecule has 0 aliphatic carbocycles. The summed E-state index contributed by atoms with van der Waals surface area (Å²) in [5, 5.41) is 5.25. The van der Waals surface area contributed by atoms with Crippen LogP contribution in [0.25, 0.3) is 16.9 Å². The molecule has 1 heterocycles. The molecule has 0 amide bonds. The lowest BCUT2D eigenvalue weighted by molar-refractivity contribution is 0.894. The number of aryl methyl sites for hydroxylation is 1. The van der Waals surface area contributed by atoms with E-state index < -0.39 is 0 Å². The zero-order valence-corrected chi connectivity index (χ0v) is 11.8. The SMILES string of the molecule is Cc1cccc(-n2nc(-c3cccc(Cl)c3)cc2N)c1. The number of anilines is 1. The Bertz CT molecular complexity index is 762. The lowest BCUT2D eigenvalue weighted by Crippen LogP contribution is -2.01. The molecular formula is C16H14ClN3. The molecule has 100 valence electrons. The van der Waals surface area contributed by atoms with E-state index in [1.54, 1.807) is 4.68 Å². The van der Waals surface area contributed by atoms with Crippen LogP contribution in [0.1, 0.15) is 5.56 Å². The van der Waals surface area contributed by atoms with Gasteiger partial charge in [0.15, 0.2) is 0 Å². The van der Waals surface area contributed by atoms with Crippen LogP contribution in [0.15, 0.2) is 54.6 Å². The summed E-state index contributed by atoms with van der Waals surface area (Å²) in [5.41, 5.74) is 9.95. The Kier molecular flexibility index (Phi) is 3.20. The van der Waals surface area contributed by atoms with Crippen molar-refractivity contribution in [3.8, 4) is 16.9 Å². The summed E-state index contributed by atoms with van der Waals surface area (Å²) in [6, 6.07) is 17.5. The second kappa shape index (κ2) is 5.02. The van der Waals surface area contributed by atoms with Crippen LogP contribution in [0, 0.1) is 6.92 Å². The average molecular weight is 284 g/mol. The molecule has 0 saturated carbocycles. The van der Waals surface area contributed by atoms with Gasteiger partial charge in [-0.25, -0.2) is 4.68 Å². The highest BCUT2D eigenvalue weighted by Gasteiger charge is 2.09. The van der Waals surface area contributed by atoms with Gasteiger partial charge in [0.1, 0.15) is 5.82 Å². The molecule has 2 aromatic carbocycles. The third-order valence-corrected chi connectivity index (χ3v) is 3.34. The number of halogens is 1. The second-order valence-corrected chi connectivity index (χ2v) is 5.15. The van der Waals surface area contributed by atoms with Crippen molar-refractivity contribution >= 4 is 17.4 Å². The smallest absolute Gasteiger partial charge is 0.127 e. The van der Waals surface area contributed by atoms with E-state index in [4.69, 9.17) is 17.3 Å². The molecule has 0 unspecified atom stereocenters. The lowest BCUT2D eigenvalue weighted by atomic mass is 10.1. The fraction of sp³-hybridized carbons (Fsp3) is 0.0625. The van der Waals surface area contributed by atoms with E-state index >= 15 is 0 Å². The normalized spacial score (nSPS) is 10.7. The summed E-state index contributed by atoms with van der Waals surface area (Å²) in [6.45, 7) is 2.04. The standard InChI is InChI=1S/C16H14ClN3/c1-11-4-2-7-14(8-11)20-16(18)10-15(19-20)12-5-3-6-13(17)9-12/h2-10H,18H2,1H3. The first-order chi connectivity index (χ1) is 9.63. The van der Waals surface area contributed by atoms with Gasteiger partial charge < -0.3 is 5.73 Å². The van der Waals surface area contributed by atoms with Crippen LogP contribution < -0.4 is 5.73 Å². The lowest BCUT2D eigenvalue weighted by Gasteiger charge is -2.04. The van der Waals surface area contributed by atoms with Gasteiger partial charge in [-0.2, -0.15) is 5.10 Å². The van der Waals surface area contributed by atoms with Crippen molar-refractivity contribution in [2.75, 3.05) is 5.73 Å². The molecule has 20 heavy (non-hydrogen) atoms. The van der Waals surface area contributed by atoms with E-state index in [0.29, 0.717) is 10.8 Å². The summed E-state index contributed by atoms with van der Waals surface area (Å²) in [5.74, 6) is 0.602. The molecule has 3 aromatic rings.